The van der Waals surface area contributed by atoms with Crippen molar-refractivity contribution in [3.8, 4) is 11.4 Å². The van der Waals surface area contributed by atoms with Crippen LogP contribution in [0.15, 0.2) is 59.7 Å². The number of methoxy groups -OCH3 is 1. The van der Waals surface area contributed by atoms with Gasteiger partial charge in [0.15, 0.2) is 0 Å². The van der Waals surface area contributed by atoms with Crippen molar-refractivity contribution in [1.29, 1.82) is 0 Å². The molecule has 1 unspecified atom stereocenters. The quantitative estimate of drug-likeness (QED) is 0.573. The Bertz CT molecular complexity index is 1020. The topological polar surface area (TPSA) is 55.5 Å². The molecule has 0 radical (unpaired) electrons. The molecule has 4 rings (SSSR count). The summed E-state index contributed by atoms with van der Waals surface area (Å²) in [5.74, 6) is 0.881. The number of anilines is 2. The summed E-state index contributed by atoms with van der Waals surface area (Å²) in [6.45, 7) is 11.9. The third-order valence-electron chi connectivity index (χ3n) is 5.91. The van der Waals surface area contributed by atoms with Crippen LogP contribution in [0.1, 0.15) is 40.2 Å². The summed E-state index contributed by atoms with van der Waals surface area (Å²) in [5.41, 5.74) is 3.15. The predicted molar refractivity (Wildman–Crippen MR) is 132 cm³/mol. The summed E-state index contributed by atoms with van der Waals surface area (Å²) in [6.07, 6.45) is 2.48. The van der Waals surface area contributed by atoms with Gasteiger partial charge < -0.3 is 14.5 Å². The molecule has 32 heavy (non-hydrogen) atoms. The Balaban J connectivity index is 0.00000141. The minimum Gasteiger partial charge on any atom is -0.497 e. The third kappa shape index (κ3) is 4.98. The summed E-state index contributed by atoms with van der Waals surface area (Å²) in [6, 6.07) is 16.5. The summed E-state index contributed by atoms with van der Waals surface area (Å²) >= 11 is 0. The standard InChI is InChI=1S/C23H29N5O2.C2H6/c1-4-18(2)28-23(29)27(17-24-28)21-7-5-19(6-8-21)25-13-15-26(16-14-25)20-9-11-22(30-3)12-10-20;1-2/h5-12,17-18H,4,13-16H2,1-3H3;1-2H3. The van der Waals surface area contributed by atoms with Crippen LogP contribution in [0.5, 0.6) is 5.75 Å². The smallest absolute Gasteiger partial charge is 0.350 e. The molecule has 1 aliphatic rings. The van der Waals surface area contributed by atoms with Crippen LogP contribution in [0.3, 0.4) is 0 Å². The van der Waals surface area contributed by atoms with E-state index in [2.05, 4.69) is 46.1 Å². The zero-order chi connectivity index (χ0) is 23.1. The summed E-state index contributed by atoms with van der Waals surface area (Å²) in [4.78, 5) is 17.4. The van der Waals surface area contributed by atoms with Crippen molar-refractivity contribution >= 4 is 11.4 Å². The van der Waals surface area contributed by atoms with Crippen molar-refractivity contribution in [2.24, 2.45) is 0 Å². The Morgan fingerprint density at radius 3 is 1.81 bits per heavy atom. The minimum absolute atomic E-state index is 0.0924. The van der Waals surface area contributed by atoms with Gasteiger partial charge in [-0.1, -0.05) is 20.8 Å². The van der Waals surface area contributed by atoms with Crippen molar-refractivity contribution in [3.63, 3.8) is 0 Å². The van der Waals surface area contributed by atoms with Gasteiger partial charge >= 0.3 is 5.69 Å². The van der Waals surface area contributed by atoms with Crippen molar-refractivity contribution in [2.75, 3.05) is 43.1 Å². The third-order valence-corrected chi connectivity index (χ3v) is 5.91. The number of ether oxygens (including phenoxy) is 1. The lowest BCUT2D eigenvalue weighted by atomic mass is 10.2. The lowest BCUT2D eigenvalue weighted by Crippen LogP contribution is -2.46. The molecule has 1 aromatic heterocycles. The number of hydrogen-bond donors (Lipinski definition) is 0. The highest BCUT2D eigenvalue weighted by Gasteiger charge is 2.18. The van der Waals surface area contributed by atoms with Crippen molar-refractivity contribution in [2.45, 2.75) is 40.2 Å². The Labute approximate surface area is 190 Å². The van der Waals surface area contributed by atoms with E-state index in [0.29, 0.717) is 0 Å². The first-order chi connectivity index (χ1) is 15.6. The molecule has 1 fully saturated rings. The van der Waals surface area contributed by atoms with E-state index in [9.17, 15) is 4.79 Å². The van der Waals surface area contributed by atoms with Crippen LogP contribution in [0.25, 0.3) is 5.69 Å². The number of benzene rings is 2. The highest BCUT2D eigenvalue weighted by Crippen LogP contribution is 2.23. The Morgan fingerprint density at radius 2 is 1.34 bits per heavy atom. The van der Waals surface area contributed by atoms with Gasteiger partial charge in [-0.15, -0.1) is 0 Å². The van der Waals surface area contributed by atoms with Crippen LogP contribution in [0, 0.1) is 0 Å². The van der Waals surface area contributed by atoms with Crippen molar-refractivity contribution in [3.05, 3.63) is 65.3 Å². The SMILES string of the molecule is CC.CCC(C)n1ncn(-c2ccc(N3CCN(c4ccc(OC)cc4)CC3)cc2)c1=O. The average Bonchev–Trinajstić information content (AvgIpc) is 3.26. The van der Waals surface area contributed by atoms with Gasteiger partial charge in [-0.2, -0.15) is 5.10 Å². The van der Waals surface area contributed by atoms with E-state index < -0.39 is 0 Å². The van der Waals surface area contributed by atoms with E-state index in [1.54, 1.807) is 22.7 Å². The molecule has 0 amide bonds. The maximum Gasteiger partial charge on any atom is 0.350 e. The number of hydrogen-bond acceptors (Lipinski definition) is 5. The molecule has 7 heteroatoms. The molecule has 1 atom stereocenters. The molecule has 0 aliphatic carbocycles. The van der Waals surface area contributed by atoms with Gasteiger partial charge in [0.1, 0.15) is 12.1 Å². The van der Waals surface area contributed by atoms with Gasteiger partial charge in [-0.05, 0) is 61.9 Å². The first kappa shape index (κ1) is 23.4. The highest BCUT2D eigenvalue weighted by atomic mass is 16.5. The zero-order valence-corrected chi connectivity index (χ0v) is 19.9. The summed E-state index contributed by atoms with van der Waals surface area (Å²) < 4.78 is 8.40. The van der Waals surface area contributed by atoms with Gasteiger partial charge in [-0.25, -0.2) is 14.0 Å². The zero-order valence-electron chi connectivity index (χ0n) is 19.9. The fraction of sp³-hybridized carbons (Fsp3) is 0.440. The van der Waals surface area contributed by atoms with Gasteiger partial charge in [-0.3, -0.25) is 0 Å². The van der Waals surface area contributed by atoms with Crippen LogP contribution >= 0.6 is 0 Å². The minimum atomic E-state index is -0.0924. The van der Waals surface area contributed by atoms with Gasteiger partial charge in [0.05, 0.1) is 18.8 Å². The number of piperazine rings is 1. The van der Waals surface area contributed by atoms with E-state index in [0.717, 1.165) is 44.0 Å². The summed E-state index contributed by atoms with van der Waals surface area (Å²) in [5, 5.41) is 4.27. The van der Waals surface area contributed by atoms with Crippen molar-refractivity contribution in [1.82, 2.24) is 14.3 Å². The fourth-order valence-electron chi connectivity index (χ4n) is 3.81. The maximum atomic E-state index is 12.6. The first-order valence-electron chi connectivity index (χ1n) is 11.5. The van der Waals surface area contributed by atoms with E-state index >= 15 is 0 Å². The summed E-state index contributed by atoms with van der Waals surface area (Å²) in [7, 11) is 1.69. The molecule has 7 nitrogen and oxygen atoms in total. The van der Waals surface area contributed by atoms with Crippen LogP contribution in [-0.4, -0.2) is 47.6 Å². The molecule has 0 spiro atoms. The molecule has 3 aromatic rings. The molecular formula is C25H35N5O2. The first-order valence-corrected chi connectivity index (χ1v) is 11.5. The van der Waals surface area contributed by atoms with E-state index in [-0.39, 0.29) is 11.7 Å². The second-order valence-corrected chi connectivity index (χ2v) is 7.67. The molecule has 0 bridgehead atoms. The predicted octanol–water partition coefficient (Wildman–Crippen LogP) is 4.37. The van der Waals surface area contributed by atoms with Crippen LogP contribution in [-0.2, 0) is 0 Å². The molecule has 0 N–H and O–H groups in total. The Morgan fingerprint density at radius 1 is 0.875 bits per heavy atom. The van der Waals surface area contributed by atoms with Gasteiger partial charge in [0.25, 0.3) is 0 Å². The molecule has 172 valence electrons. The molecule has 1 aliphatic heterocycles. The number of rotatable bonds is 6. The van der Waals surface area contributed by atoms with E-state index in [4.69, 9.17) is 4.74 Å². The Hall–Kier alpha value is -3.22. The molecular weight excluding hydrogens is 402 g/mol. The molecule has 2 aromatic carbocycles. The monoisotopic (exact) mass is 437 g/mol. The van der Waals surface area contributed by atoms with Crippen LogP contribution < -0.4 is 20.2 Å². The Kier molecular flexibility index (Phi) is 7.98. The van der Waals surface area contributed by atoms with E-state index in [1.807, 2.05) is 45.0 Å². The van der Waals surface area contributed by atoms with Crippen LogP contribution in [0.2, 0.25) is 0 Å². The lowest BCUT2D eigenvalue weighted by molar-refractivity contribution is 0.415. The largest absolute Gasteiger partial charge is 0.497 e. The molecule has 1 saturated heterocycles. The second kappa shape index (κ2) is 10.9. The lowest BCUT2D eigenvalue weighted by Gasteiger charge is -2.37. The van der Waals surface area contributed by atoms with E-state index in [1.165, 1.54) is 11.4 Å². The van der Waals surface area contributed by atoms with Gasteiger partial charge in [0.2, 0.25) is 0 Å². The molecule has 2 heterocycles. The number of nitrogens with zero attached hydrogens (tertiary/aromatic N) is 5. The maximum absolute atomic E-state index is 12.6. The van der Waals surface area contributed by atoms with Crippen LogP contribution in [0.4, 0.5) is 11.4 Å². The fourth-order valence-corrected chi connectivity index (χ4v) is 3.81. The van der Waals surface area contributed by atoms with Gasteiger partial charge in [0, 0.05) is 37.6 Å². The van der Waals surface area contributed by atoms with Crippen molar-refractivity contribution < 1.29 is 4.74 Å². The highest BCUT2D eigenvalue weighted by molar-refractivity contribution is 5.54. The average molecular weight is 438 g/mol. The second-order valence-electron chi connectivity index (χ2n) is 7.67. The molecule has 0 saturated carbocycles. The normalized spacial score (nSPS) is 14.5. The number of aromatic nitrogens is 3.